The molecule has 3 aromatic rings. The lowest BCUT2D eigenvalue weighted by Gasteiger charge is -2.08. The Hall–Kier alpha value is -1.74. The number of hydrogen-bond donors (Lipinski definition) is 1. The van der Waals surface area contributed by atoms with Crippen LogP contribution in [-0.2, 0) is 0 Å². The minimum Gasteiger partial charge on any atom is -0.344 e. The van der Waals surface area contributed by atoms with Crippen LogP contribution >= 0.6 is 39.5 Å². The number of pyridine rings is 1. The molecule has 0 saturated heterocycles. The number of nitrogens with zero attached hydrogens (tertiary/aromatic N) is 1. The van der Waals surface area contributed by atoms with Gasteiger partial charge in [0.1, 0.15) is 10.7 Å². The van der Waals surface area contributed by atoms with Crippen LogP contribution in [0.2, 0.25) is 0 Å². The summed E-state index contributed by atoms with van der Waals surface area (Å²) in [5, 5.41) is 11.4. The van der Waals surface area contributed by atoms with E-state index in [0.717, 1.165) is 26.2 Å². The van der Waals surface area contributed by atoms with E-state index in [0.29, 0.717) is 10.2 Å². The highest BCUT2D eigenvalue weighted by Gasteiger charge is 2.11. The molecule has 0 aliphatic carbocycles. The van der Waals surface area contributed by atoms with E-state index in [-0.39, 0.29) is 0 Å². The Bertz CT molecular complexity index is 872. The first-order chi connectivity index (χ1) is 10.2. The van der Waals surface area contributed by atoms with Gasteiger partial charge in [-0.05, 0) is 35.2 Å². The second kappa shape index (κ2) is 5.94. The molecule has 1 aromatic carbocycles. The van der Waals surface area contributed by atoms with Gasteiger partial charge in [-0.3, -0.25) is 0 Å². The molecule has 0 radical (unpaired) electrons. The number of thiophene rings is 1. The van der Waals surface area contributed by atoms with Crippen molar-refractivity contribution >= 4 is 39.5 Å². The van der Waals surface area contributed by atoms with Gasteiger partial charge < -0.3 is 4.98 Å². The average molecular weight is 373 g/mol. The molecular weight excluding hydrogens is 364 g/mol. The fourth-order valence-corrected chi connectivity index (χ4v) is 3.32. The maximum Gasteiger partial charge on any atom is 0.122 e. The summed E-state index contributed by atoms with van der Waals surface area (Å²) in [7, 11) is 0. The van der Waals surface area contributed by atoms with Gasteiger partial charge in [-0.15, -0.1) is 11.3 Å². The molecular formula is C16H9BrN2S2. The van der Waals surface area contributed by atoms with E-state index in [4.69, 9.17) is 12.2 Å². The smallest absolute Gasteiger partial charge is 0.122 e. The van der Waals surface area contributed by atoms with Crippen molar-refractivity contribution in [2.75, 3.05) is 0 Å². The Kier molecular flexibility index (Phi) is 4.02. The summed E-state index contributed by atoms with van der Waals surface area (Å²) in [6.45, 7) is 0. The SMILES string of the molecule is N#Cc1c(-c2ccc(Br)cc2)cc(-c2cccs2)[nH]c1=S. The van der Waals surface area contributed by atoms with Gasteiger partial charge in [0.2, 0.25) is 0 Å². The quantitative estimate of drug-likeness (QED) is 0.579. The third-order valence-corrected chi connectivity index (χ3v) is 4.82. The molecule has 0 spiro atoms. The van der Waals surface area contributed by atoms with Gasteiger partial charge in [-0.25, -0.2) is 0 Å². The molecule has 0 unspecified atom stereocenters. The van der Waals surface area contributed by atoms with Gasteiger partial charge in [-0.1, -0.05) is 46.3 Å². The molecule has 0 atom stereocenters. The standard InChI is InChI=1S/C16H9BrN2S2/c17-11-5-3-10(4-6-11)12-8-14(15-2-1-7-21-15)19-16(20)13(12)9-18/h1-8H,(H,19,20). The van der Waals surface area contributed by atoms with E-state index in [1.807, 2.05) is 47.8 Å². The first kappa shape index (κ1) is 14.2. The fourth-order valence-electron chi connectivity index (χ4n) is 2.09. The Labute approximate surface area is 139 Å². The third-order valence-electron chi connectivity index (χ3n) is 3.09. The molecule has 2 aromatic heterocycles. The van der Waals surface area contributed by atoms with Crippen molar-refractivity contribution in [1.82, 2.24) is 4.98 Å². The summed E-state index contributed by atoms with van der Waals surface area (Å²) >= 11 is 10.4. The van der Waals surface area contributed by atoms with E-state index in [1.54, 1.807) is 11.3 Å². The lowest BCUT2D eigenvalue weighted by Crippen LogP contribution is -1.91. The highest BCUT2D eigenvalue weighted by Crippen LogP contribution is 2.31. The molecule has 0 saturated carbocycles. The lowest BCUT2D eigenvalue weighted by molar-refractivity contribution is 1.28. The van der Waals surface area contributed by atoms with E-state index >= 15 is 0 Å². The number of aromatic nitrogens is 1. The van der Waals surface area contributed by atoms with Crippen LogP contribution in [0.5, 0.6) is 0 Å². The second-order valence-corrected chi connectivity index (χ2v) is 6.67. The van der Waals surface area contributed by atoms with Gasteiger partial charge in [0.15, 0.2) is 0 Å². The van der Waals surface area contributed by atoms with Crippen molar-refractivity contribution in [3.05, 3.63) is 62.5 Å². The zero-order valence-corrected chi connectivity index (χ0v) is 14.0. The molecule has 2 nitrogen and oxygen atoms in total. The number of hydrogen-bond acceptors (Lipinski definition) is 3. The topological polar surface area (TPSA) is 39.6 Å². The van der Waals surface area contributed by atoms with Crippen molar-refractivity contribution in [2.24, 2.45) is 0 Å². The number of aromatic amines is 1. The van der Waals surface area contributed by atoms with Crippen molar-refractivity contribution in [2.45, 2.75) is 0 Å². The highest BCUT2D eigenvalue weighted by molar-refractivity contribution is 9.10. The molecule has 1 N–H and O–H groups in total. The minimum atomic E-state index is 0.473. The van der Waals surface area contributed by atoms with Crippen LogP contribution in [0, 0.1) is 16.0 Å². The van der Waals surface area contributed by atoms with Gasteiger partial charge in [0.25, 0.3) is 0 Å². The molecule has 5 heteroatoms. The van der Waals surface area contributed by atoms with Crippen molar-refractivity contribution in [3.8, 4) is 27.8 Å². The Morgan fingerprint density at radius 1 is 1.19 bits per heavy atom. The van der Waals surface area contributed by atoms with Crippen LogP contribution in [0.1, 0.15) is 5.56 Å². The average Bonchev–Trinajstić information content (AvgIpc) is 3.01. The van der Waals surface area contributed by atoms with Gasteiger partial charge in [0, 0.05) is 10.0 Å². The summed E-state index contributed by atoms with van der Waals surface area (Å²) < 4.78 is 1.48. The van der Waals surface area contributed by atoms with Gasteiger partial charge in [0.05, 0.1) is 16.1 Å². The van der Waals surface area contributed by atoms with E-state index in [2.05, 4.69) is 27.0 Å². The molecule has 0 aliphatic heterocycles. The zero-order chi connectivity index (χ0) is 14.8. The Morgan fingerprint density at radius 3 is 2.57 bits per heavy atom. The maximum atomic E-state index is 9.39. The molecule has 102 valence electrons. The summed E-state index contributed by atoms with van der Waals surface area (Å²) in [5.74, 6) is 0. The lowest BCUT2D eigenvalue weighted by atomic mass is 10.0. The van der Waals surface area contributed by atoms with Gasteiger partial charge >= 0.3 is 0 Å². The molecule has 0 amide bonds. The molecule has 2 heterocycles. The third kappa shape index (κ3) is 2.84. The van der Waals surface area contributed by atoms with E-state index in [9.17, 15) is 5.26 Å². The van der Waals surface area contributed by atoms with Crippen LogP contribution in [-0.4, -0.2) is 4.98 Å². The first-order valence-electron chi connectivity index (χ1n) is 6.16. The van der Waals surface area contributed by atoms with Crippen LogP contribution in [0.4, 0.5) is 0 Å². The van der Waals surface area contributed by atoms with Gasteiger partial charge in [-0.2, -0.15) is 5.26 Å². The van der Waals surface area contributed by atoms with E-state index in [1.165, 1.54) is 0 Å². The number of nitrogens with one attached hydrogen (secondary N) is 1. The zero-order valence-electron chi connectivity index (χ0n) is 10.8. The maximum absolute atomic E-state index is 9.39. The van der Waals surface area contributed by atoms with E-state index < -0.39 is 0 Å². The molecule has 0 aliphatic rings. The first-order valence-corrected chi connectivity index (χ1v) is 8.24. The Morgan fingerprint density at radius 2 is 1.95 bits per heavy atom. The fraction of sp³-hybridized carbons (Fsp3) is 0. The Balaban J connectivity index is 2.25. The highest BCUT2D eigenvalue weighted by atomic mass is 79.9. The normalized spacial score (nSPS) is 10.3. The second-order valence-electron chi connectivity index (χ2n) is 4.40. The summed E-state index contributed by atoms with van der Waals surface area (Å²) in [6, 6.07) is 16.1. The largest absolute Gasteiger partial charge is 0.344 e. The van der Waals surface area contributed by atoms with Crippen LogP contribution in [0.3, 0.4) is 0 Å². The predicted molar refractivity (Wildman–Crippen MR) is 92.8 cm³/mol. The van der Waals surface area contributed by atoms with Crippen LogP contribution < -0.4 is 0 Å². The predicted octanol–water partition coefficient (Wildman–Crippen LogP) is 5.77. The number of benzene rings is 1. The molecule has 21 heavy (non-hydrogen) atoms. The monoisotopic (exact) mass is 372 g/mol. The number of rotatable bonds is 2. The van der Waals surface area contributed by atoms with Crippen molar-refractivity contribution < 1.29 is 0 Å². The molecule has 3 rings (SSSR count). The summed E-state index contributed by atoms with van der Waals surface area (Å²) in [5.41, 5.74) is 3.28. The van der Waals surface area contributed by atoms with Crippen LogP contribution in [0.25, 0.3) is 21.7 Å². The number of nitriles is 1. The molecule has 0 bridgehead atoms. The number of halogens is 1. The van der Waals surface area contributed by atoms with Crippen molar-refractivity contribution in [1.29, 1.82) is 5.26 Å². The van der Waals surface area contributed by atoms with Crippen molar-refractivity contribution in [3.63, 3.8) is 0 Å². The van der Waals surface area contributed by atoms with Crippen LogP contribution in [0.15, 0.2) is 52.3 Å². The number of H-pyrrole nitrogens is 1. The molecule has 0 fully saturated rings. The minimum absolute atomic E-state index is 0.473. The summed E-state index contributed by atoms with van der Waals surface area (Å²) in [4.78, 5) is 4.25. The summed E-state index contributed by atoms with van der Waals surface area (Å²) in [6.07, 6.45) is 0.